The first-order valence-electron chi connectivity index (χ1n) is 5.46. The average molecular weight is 265 g/mol. The van der Waals surface area contributed by atoms with Crippen LogP contribution in [0.3, 0.4) is 0 Å². The lowest BCUT2D eigenvalue weighted by atomic mass is 10.1. The number of aromatic nitrogens is 5. The quantitative estimate of drug-likeness (QED) is 0.486. The van der Waals surface area contributed by atoms with Gasteiger partial charge in [0.25, 0.3) is 0 Å². The number of aryl methyl sites for hydroxylation is 1. The minimum atomic E-state index is 0.257. The van der Waals surface area contributed by atoms with E-state index in [2.05, 4.69) is 39.4 Å². The van der Waals surface area contributed by atoms with Crippen molar-refractivity contribution in [1.29, 1.82) is 0 Å². The van der Waals surface area contributed by atoms with Gasteiger partial charge in [-0.2, -0.15) is 0 Å². The van der Waals surface area contributed by atoms with Crippen LogP contribution in [0.4, 0.5) is 5.82 Å². The zero-order chi connectivity index (χ0) is 13.1. The van der Waals surface area contributed by atoms with Crippen LogP contribution in [-0.2, 0) is 7.05 Å². The first-order valence-corrected chi connectivity index (χ1v) is 6.28. The molecule has 0 aliphatic carbocycles. The summed E-state index contributed by atoms with van der Waals surface area (Å²) in [5, 5.41) is 9.49. The van der Waals surface area contributed by atoms with Crippen LogP contribution in [0.1, 0.15) is 25.3 Å². The third-order valence-electron chi connectivity index (χ3n) is 2.42. The van der Waals surface area contributed by atoms with Gasteiger partial charge in [0.2, 0.25) is 0 Å². The van der Waals surface area contributed by atoms with E-state index in [4.69, 9.17) is 5.84 Å². The summed E-state index contributed by atoms with van der Waals surface area (Å²) in [6.07, 6.45) is 3.14. The molecule has 0 aliphatic rings. The van der Waals surface area contributed by atoms with Crippen LogP contribution in [-0.4, -0.2) is 24.7 Å². The highest BCUT2D eigenvalue weighted by Gasteiger charge is 2.17. The van der Waals surface area contributed by atoms with Crippen molar-refractivity contribution < 1.29 is 0 Å². The molecule has 0 fully saturated rings. The fourth-order valence-electron chi connectivity index (χ4n) is 1.55. The molecule has 0 radical (unpaired) electrons. The smallest absolute Gasteiger partial charge is 0.197 e. The molecular formula is C10H15N7S. The predicted octanol–water partition coefficient (Wildman–Crippen LogP) is 1.17. The summed E-state index contributed by atoms with van der Waals surface area (Å²) in [7, 11) is 1.89. The van der Waals surface area contributed by atoms with Crippen LogP contribution in [0.5, 0.6) is 0 Å². The van der Waals surface area contributed by atoms with Crippen molar-refractivity contribution >= 4 is 17.6 Å². The Bertz CT molecular complexity index is 537. The first-order chi connectivity index (χ1) is 8.63. The molecule has 0 saturated heterocycles. The van der Waals surface area contributed by atoms with E-state index in [1.807, 2.05) is 11.6 Å². The Labute approximate surface area is 109 Å². The number of anilines is 1. The Morgan fingerprint density at radius 3 is 2.72 bits per heavy atom. The van der Waals surface area contributed by atoms with E-state index in [-0.39, 0.29) is 5.92 Å². The van der Waals surface area contributed by atoms with E-state index in [1.54, 1.807) is 6.33 Å². The van der Waals surface area contributed by atoms with Gasteiger partial charge in [0.05, 0.1) is 0 Å². The second-order valence-electron chi connectivity index (χ2n) is 4.07. The van der Waals surface area contributed by atoms with Crippen molar-refractivity contribution in [3.63, 3.8) is 0 Å². The Morgan fingerprint density at radius 2 is 2.17 bits per heavy atom. The Morgan fingerprint density at radius 1 is 1.39 bits per heavy atom. The third kappa shape index (κ3) is 2.44. The van der Waals surface area contributed by atoms with E-state index in [0.29, 0.717) is 5.82 Å². The first kappa shape index (κ1) is 12.8. The number of hydrogen-bond acceptors (Lipinski definition) is 7. The van der Waals surface area contributed by atoms with E-state index >= 15 is 0 Å². The lowest BCUT2D eigenvalue weighted by Crippen LogP contribution is -2.13. The number of nitrogens with one attached hydrogen (secondary N) is 1. The van der Waals surface area contributed by atoms with E-state index in [9.17, 15) is 0 Å². The summed E-state index contributed by atoms with van der Waals surface area (Å²) in [6.45, 7) is 4.14. The van der Waals surface area contributed by atoms with Gasteiger partial charge >= 0.3 is 0 Å². The minimum absolute atomic E-state index is 0.257. The molecule has 0 aliphatic heterocycles. The number of hydrazine groups is 1. The summed E-state index contributed by atoms with van der Waals surface area (Å²) in [5.41, 5.74) is 3.58. The van der Waals surface area contributed by atoms with Gasteiger partial charge in [-0.15, -0.1) is 10.2 Å². The molecule has 2 aromatic rings. The number of nitrogens with zero attached hydrogens (tertiary/aromatic N) is 5. The predicted molar refractivity (Wildman–Crippen MR) is 69.1 cm³/mol. The number of rotatable bonds is 4. The van der Waals surface area contributed by atoms with Gasteiger partial charge in [0.1, 0.15) is 23.5 Å². The second-order valence-corrected chi connectivity index (χ2v) is 5.02. The van der Waals surface area contributed by atoms with E-state index in [1.165, 1.54) is 18.1 Å². The van der Waals surface area contributed by atoms with Crippen LogP contribution >= 0.6 is 11.8 Å². The van der Waals surface area contributed by atoms with Crippen molar-refractivity contribution in [2.45, 2.75) is 29.9 Å². The molecule has 0 bridgehead atoms. The molecule has 8 heteroatoms. The van der Waals surface area contributed by atoms with E-state index in [0.717, 1.165) is 15.7 Å². The van der Waals surface area contributed by atoms with Crippen molar-refractivity contribution in [2.75, 3.05) is 5.43 Å². The van der Waals surface area contributed by atoms with Gasteiger partial charge in [-0.25, -0.2) is 15.8 Å². The average Bonchev–Trinajstić information content (AvgIpc) is 2.74. The Hall–Kier alpha value is -1.67. The van der Waals surface area contributed by atoms with Crippen LogP contribution in [0.2, 0.25) is 0 Å². The lowest BCUT2D eigenvalue weighted by molar-refractivity contribution is 0.775. The summed E-state index contributed by atoms with van der Waals surface area (Å²) in [5.74, 6) is 6.38. The Kier molecular flexibility index (Phi) is 3.78. The number of hydrogen-bond donors (Lipinski definition) is 2. The molecule has 0 amide bonds. The molecular weight excluding hydrogens is 250 g/mol. The van der Waals surface area contributed by atoms with Crippen LogP contribution in [0.25, 0.3) is 0 Å². The molecule has 2 heterocycles. The maximum atomic E-state index is 5.48. The summed E-state index contributed by atoms with van der Waals surface area (Å²) in [4.78, 5) is 8.43. The molecule has 0 saturated carbocycles. The molecule has 18 heavy (non-hydrogen) atoms. The Balaban J connectivity index is 2.41. The fraction of sp³-hybridized carbons (Fsp3) is 0.400. The van der Waals surface area contributed by atoms with Gasteiger partial charge in [0, 0.05) is 12.6 Å². The van der Waals surface area contributed by atoms with Gasteiger partial charge in [0.15, 0.2) is 5.16 Å². The maximum absolute atomic E-state index is 5.48. The van der Waals surface area contributed by atoms with Crippen molar-refractivity contribution in [3.05, 3.63) is 18.2 Å². The van der Waals surface area contributed by atoms with E-state index < -0.39 is 0 Å². The highest BCUT2D eigenvalue weighted by Crippen LogP contribution is 2.33. The normalized spacial score (nSPS) is 10.9. The summed E-state index contributed by atoms with van der Waals surface area (Å²) >= 11 is 1.45. The zero-order valence-electron chi connectivity index (χ0n) is 10.5. The van der Waals surface area contributed by atoms with Gasteiger partial charge in [-0.3, -0.25) is 0 Å². The zero-order valence-corrected chi connectivity index (χ0v) is 11.3. The maximum Gasteiger partial charge on any atom is 0.197 e. The number of nitrogen functional groups attached to an aromatic ring is 1. The monoisotopic (exact) mass is 265 g/mol. The molecule has 0 spiro atoms. The van der Waals surface area contributed by atoms with Crippen molar-refractivity contribution in [3.8, 4) is 0 Å². The van der Waals surface area contributed by atoms with Gasteiger partial charge in [-0.05, 0) is 17.7 Å². The summed E-state index contributed by atoms with van der Waals surface area (Å²) < 4.78 is 1.84. The fourth-order valence-corrected chi connectivity index (χ4v) is 2.54. The largest absolute Gasteiger partial charge is 0.311 e. The summed E-state index contributed by atoms with van der Waals surface area (Å²) in [6, 6.07) is 0. The molecule has 3 N–H and O–H groups in total. The van der Waals surface area contributed by atoms with Crippen LogP contribution in [0, 0.1) is 0 Å². The van der Waals surface area contributed by atoms with Crippen LogP contribution < -0.4 is 11.3 Å². The van der Waals surface area contributed by atoms with Crippen LogP contribution in [0.15, 0.2) is 22.8 Å². The minimum Gasteiger partial charge on any atom is -0.311 e. The van der Waals surface area contributed by atoms with Crippen molar-refractivity contribution in [2.24, 2.45) is 12.9 Å². The molecule has 0 atom stereocenters. The lowest BCUT2D eigenvalue weighted by Gasteiger charge is -2.14. The molecule has 96 valence electrons. The molecule has 2 rings (SSSR count). The second kappa shape index (κ2) is 5.32. The molecule has 0 unspecified atom stereocenters. The highest BCUT2D eigenvalue weighted by molar-refractivity contribution is 7.99. The molecule has 2 aromatic heterocycles. The third-order valence-corrected chi connectivity index (χ3v) is 3.49. The molecule has 0 aromatic carbocycles. The number of nitrogens with two attached hydrogens (primary N) is 1. The molecule has 7 nitrogen and oxygen atoms in total. The standard InChI is InChI=1S/C10H15N7S/c1-6(2)7-8(15-11)12-4-13-9(7)18-10-16-14-5-17(10)3/h4-6H,11H2,1-3H3,(H,12,13,15). The van der Waals surface area contributed by atoms with Gasteiger partial charge < -0.3 is 9.99 Å². The van der Waals surface area contributed by atoms with Gasteiger partial charge in [-0.1, -0.05) is 13.8 Å². The highest BCUT2D eigenvalue weighted by atomic mass is 32.2. The van der Waals surface area contributed by atoms with Crippen molar-refractivity contribution in [1.82, 2.24) is 24.7 Å². The SMILES string of the molecule is CC(C)c1c(NN)ncnc1Sc1nncn1C. The topological polar surface area (TPSA) is 94.5 Å².